The first-order valence-electron chi connectivity index (χ1n) is 7.58. The van der Waals surface area contributed by atoms with Crippen LogP contribution in [-0.2, 0) is 14.3 Å². The van der Waals surface area contributed by atoms with Crippen LogP contribution in [0.1, 0.15) is 20.3 Å². The molecule has 1 fully saturated rings. The summed E-state index contributed by atoms with van der Waals surface area (Å²) in [6.07, 6.45) is -0.852. The van der Waals surface area contributed by atoms with Crippen molar-refractivity contribution < 1.29 is 32.2 Å². The Labute approximate surface area is 148 Å². The lowest BCUT2D eigenvalue weighted by Crippen LogP contribution is -2.44. The summed E-state index contributed by atoms with van der Waals surface area (Å²) in [6.45, 7) is 3.06. The second-order valence-electron chi connectivity index (χ2n) is 6.12. The highest BCUT2D eigenvalue weighted by atomic mass is 19.4. The Bertz CT molecular complexity index is 740. The number of anilines is 1. The molecule has 1 aliphatic heterocycles. The van der Waals surface area contributed by atoms with Crippen LogP contribution in [0.25, 0.3) is 0 Å². The first-order chi connectivity index (χ1) is 12.0. The molecule has 1 aromatic rings. The maximum absolute atomic E-state index is 12.4. The molecule has 0 spiro atoms. The number of hydrogen-bond donors (Lipinski definition) is 1. The van der Waals surface area contributed by atoms with Gasteiger partial charge in [-0.1, -0.05) is 12.0 Å². The van der Waals surface area contributed by atoms with Gasteiger partial charge in [0.1, 0.15) is 18.6 Å². The Morgan fingerprint density at radius 1 is 1.46 bits per heavy atom. The predicted molar refractivity (Wildman–Crippen MR) is 86.0 cm³/mol. The average Bonchev–Trinajstić information content (AvgIpc) is 2.86. The number of carbonyl (C=O) groups excluding carboxylic acids is 2. The molecule has 1 aromatic carbocycles. The Balaban J connectivity index is 2.04. The highest BCUT2D eigenvalue weighted by molar-refractivity contribution is 6.00. The van der Waals surface area contributed by atoms with E-state index in [2.05, 4.69) is 16.0 Å². The lowest BCUT2D eigenvalue weighted by atomic mass is 10.1. The first kappa shape index (κ1) is 19.6. The van der Waals surface area contributed by atoms with Gasteiger partial charge in [-0.2, -0.15) is 0 Å². The largest absolute Gasteiger partial charge is 0.573 e. The third-order valence-electron chi connectivity index (χ3n) is 3.49. The molecule has 26 heavy (non-hydrogen) atoms. The van der Waals surface area contributed by atoms with Crippen molar-refractivity contribution in [2.75, 3.05) is 11.6 Å². The van der Waals surface area contributed by atoms with Gasteiger partial charge in [0.15, 0.2) is 0 Å². The van der Waals surface area contributed by atoms with Crippen LogP contribution < -0.4 is 15.0 Å². The molecular formula is C17H17F3N2O4. The van der Waals surface area contributed by atoms with Crippen molar-refractivity contribution in [1.29, 1.82) is 0 Å². The fraction of sp³-hybridized carbons (Fsp3) is 0.412. The Morgan fingerprint density at radius 3 is 2.77 bits per heavy atom. The van der Waals surface area contributed by atoms with Crippen molar-refractivity contribution in [3.63, 3.8) is 0 Å². The van der Waals surface area contributed by atoms with Crippen LogP contribution in [0.4, 0.5) is 18.9 Å². The molecule has 0 saturated carbocycles. The maximum atomic E-state index is 12.4. The minimum atomic E-state index is -4.84. The third kappa shape index (κ3) is 5.13. The molecule has 2 amide bonds. The number of alkyl halides is 3. The normalized spacial score (nSPS) is 17.8. The minimum absolute atomic E-state index is 0.170. The van der Waals surface area contributed by atoms with E-state index in [0.29, 0.717) is 0 Å². The van der Waals surface area contributed by atoms with Crippen molar-refractivity contribution in [3.05, 3.63) is 24.3 Å². The van der Waals surface area contributed by atoms with Gasteiger partial charge in [-0.05, 0) is 26.0 Å². The zero-order valence-corrected chi connectivity index (χ0v) is 14.1. The molecule has 1 heterocycles. The van der Waals surface area contributed by atoms with E-state index in [1.54, 1.807) is 13.8 Å². The molecule has 0 aromatic heterocycles. The summed E-state index contributed by atoms with van der Waals surface area (Å²) < 4.78 is 46.1. The van der Waals surface area contributed by atoms with E-state index in [9.17, 15) is 22.8 Å². The number of amides is 2. The first-order valence-corrected chi connectivity index (χ1v) is 7.58. The van der Waals surface area contributed by atoms with Gasteiger partial charge < -0.3 is 14.8 Å². The molecule has 140 valence electrons. The van der Waals surface area contributed by atoms with Crippen molar-refractivity contribution in [1.82, 2.24) is 5.32 Å². The summed E-state index contributed by atoms with van der Waals surface area (Å²) >= 11 is 0. The SMILES string of the molecule is C#CC(C)(C)NC(=O)CC1OCN(c2cccc(OC(F)(F)F)c2)C1=O. The predicted octanol–water partition coefficient (Wildman–Crippen LogP) is 2.19. The zero-order valence-electron chi connectivity index (χ0n) is 14.1. The van der Waals surface area contributed by atoms with E-state index >= 15 is 0 Å². The summed E-state index contributed by atoms with van der Waals surface area (Å²) in [5.41, 5.74) is -0.703. The molecule has 2 rings (SSSR count). The van der Waals surface area contributed by atoms with E-state index in [0.717, 1.165) is 17.0 Å². The number of benzene rings is 1. The van der Waals surface area contributed by atoms with Crippen molar-refractivity contribution >= 4 is 17.5 Å². The van der Waals surface area contributed by atoms with Gasteiger partial charge >= 0.3 is 6.36 Å². The highest BCUT2D eigenvalue weighted by Gasteiger charge is 2.36. The minimum Gasteiger partial charge on any atom is -0.406 e. The van der Waals surface area contributed by atoms with Gasteiger partial charge in [-0.25, -0.2) is 0 Å². The number of hydrogen-bond acceptors (Lipinski definition) is 4. The summed E-state index contributed by atoms with van der Waals surface area (Å²) in [6, 6.07) is 4.94. The Morgan fingerprint density at radius 2 is 2.15 bits per heavy atom. The molecule has 0 radical (unpaired) electrons. The summed E-state index contributed by atoms with van der Waals surface area (Å²) in [5, 5.41) is 2.57. The number of halogens is 3. The number of ether oxygens (including phenoxy) is 2. The summed E-state index contributed by atoms with van der Waals surface area (Å²) in [4.78, 5) is 25.5. The van der Waals surface area contributed by atoms with Crippen LogP contribution in [0, 0.1) is 12.3 Å². The number of terminal acetylenes is 1. The van der Waals surface area contributed by atoms with Gasteiger partial charge in [-0.15, -0.1) is 19.6 Å². The van der Waals surface area contributed by atoms with E-state index in [1.807, 2.05) is 0 Å². The van der Waals surface area contributed by atoms with Crippen molar-refractivity contribution in [3.8, 4) is 18.1 Å². The van der Waals surface area contributed by atoms with E-state index < -0.39 is 35.6 Å². The van der Waals surface area contributed by atoms with Gasteiger partial charge in [0, 0.05) is 11.8 Å². The van der Waals surface area contributed by atoms with Crippen LogP contribution >= 0.6 is 0 Å². The van der Waals surface area contributed by atoms with Gasteiger partial charge in [0.2, 0.25) is 5.91 Å². The van der Waals surface area contributed by atoms with E-state index in [1.165, 1.54) is 12.1 Å². The fourth-order valence-corrected chi connectivity index (χ4v) is 2.27. The third-order valence-corrected chi connectivity index (χ3v) is 3.49. The highest BCUT2D eigenvalue weighted by Crippen LogP contribution is 2.29. The van der Waals surface area contributed by atoms with E-state index in [4.69, 9.17) is 11.2 Å². The topological polar surface area (TPSA) is 67.9 Å². The number of nitrogens with one attached hydrogen (secondary N) is 1. The quantitative estimate of drug-likeness (QED) is 0.807. The van der Waals surface area contributed by atoms with Gasteiger partial charge in [0.05, 0.1) is 12.0 Å². The summed E-state index contributed by atoms with van der Waals surface area (Å²) in [5.74, 6) is 0.926. The molecule has 9 heteroatoms. The number of nitrogens with zero attached hydrogens (tertiary/aromatic N) is 1. The van der Waals surface area contributed by atoms with E-state index in [-0.39, 0.29) is 18.8 Å². The van der Waals surface area contributed by atoms with Crippen molar-refractivity contribution in [2.45, 2.75) is 38.3 Å². The van der Waals surface area contributed by atoms with Crippen LogP contribution in [0.3, 0.4) is 0 Å². The molecule has 1 N–H and O–H groups in total. The number of carbonyl (C=O) groups is 2. The molecule has 0 aliphatic carbocycles. The zero-order chi connectivity index (χ0) is 19.5. The van der Waals surface area contributed by atoms with Crippen LogP contribution in [-0.4, -0.2) is 36.6 Å². The van der Waals surface area contributed by atoms with Crippen LogP contribution in [0.15, 0.2) is 24.3 Å². The second kappa shape index (κ2) is 7.25. The number of rotatable bonds is 5. The molecule has 6 nitrogen and oxygen atoms in total. The Kier molecular flexibility index (Phi) is 5.47. The van der Waals surface area contributed by atoms with Crippen LogP contribution in [0.5, 0.6) is 5.75 Å². The lowest BCUT2D eigenvalue weighted by Gasteiger charge is -2.20. The summed E-state index contributed by atoms with van der Waals surface area (Å²) in [7, 11) is 0. The van der Waals surface area contributed by atoms with Gasteiger partial charge in [0.25, 0.3) is 5.91 Å². The Hall–Kier alpha value is -2.73. The smallest absolute Gasteiger partial charge is 0.406 e. The molecule has 1 atom stereocenters. The monoisotopic (exact) mass is 370 g/mol. The second-order valence-corrected chi connectivity index (χ2v) is 6.12. The molecule has 0 bridgehead atoms. The molecule has 1 saturated heterocycles. The van der Waals surface area contributed by atoms with Gasteiger partial charge in [-0.3, -0.25) is 14.5 Å². The lowest BCUT2D eigenvalue weighted by molar-refractivity contribution is -0.274. The van der Waals surface area contributed by atoms with Crippen molar-refractivity contribution in [2.24, 2.45) is 0 Å². The van der Waals surface area contributed by atoms with Crippen LogP contribution in [0.2, 0.25) is 0 Å². The molecule has 1 unspecified atom stereocenters. The molecular weight excluding hydrogens is 353 g/mol. The standard InChI is InChI=1S/C17H17F3N2O4/c1-4-16(2,3)21-14(23)9-13-15(24)22(10-25-13)11-6-5-7-12(8-11)26-17(18,19)20/h1,5-8,13H,9-10H2,2-3H3,(H,21,23). The maximum Gasteiger partial charge on any atom is 0.573 e. The fourth-order valence-electron chi connectivity index (χ4n) is 2.27. The average molecular weight is 370 g/mol. The molecule has 1 aliphatic rings.